The van der Waals surface area contributed by atoms with Gasteiger partial charge in [0.25, 0.3) is 0 Å². The highest BCUT2D eigenvalue weighted by Gasteiger charge is 2.33. The van der Waals surface area contributed by atoms with Crippen molar-refractivity contribution in [1.29, 1.82) is 0 Å². The summed E-state index contributed by atoms with van der Waals surface area (Å²) in [6.45, 7) is 3.48. The third kappa shape index (κ3) is 4.86. The van der Waals surface area contributed by atoms with Crippen LogP contribution in [0, 0.1) is 6.92 Å². The summed E-state index contributed by atoms with van der Waals surface area (Å²) in [5.41, 5.74) is 2.70. The van der Waals surface area contributed by atoms with Gasteiger partial charge in [-0.2, -0.15) is 0 Å². The first-order valence-electron chi connectivity index (χ1n) is 8.96. The molecule has 1 heterocycles. The highest BCUT2D eigenvalue weighted by atomic mass is 16.5. The average molecular weight is 368 g/mol. The van der Waals surface area contributed by atoms with Gasteiger partial charge in [-0.25, -0.2) is 0 Å². The van der Waals surface area contributed by atoms with Crippen molar-refractivity contribution >= 4 is 17.6 Å². The zero-order valence-electron chi connectivity index (χ0n) is 15.6. The maximum absolute atomic E-state index is 12.6. The average Bonchev–Trinajstić information content (AvgIpc) is 2.65. The number of anilines is 1. The molecule has 0 saturated carbocycles. The Labute approximate surface area is 159 Å². The number of rotatable bonds is 6. The largest absolute Gasteiger partial charge is 0.495 e. The number of benzene rings is 2. The molecule has 1 fully saturated rings. The first-order chi connectivity index (χ1) is 13.1. The Morgan fingerprint density at radius 1 is 1.26 bits per heavy atom. The highest BCUT2D eigenvalue weighted by molar-refractivity contribution is 5.95. The number of cyclic esters (lactones) is 1. The Balaban J connectivity index is 1.70. The topological polar surface area (TPSA) is 67.9 Å². The van der Waals surface area contributed by atoms with Crippen molar-refractivity contribution in [2.24, 2.45) is 0 Å². The van der Waals surface area contributed by atoms with E-state index in [-0.39, 0.29) is 18.3 Å². The quantitative estimate of drug-likeness (QED) is 0.794. The lowest BCUT2D eigenvalue weighted by molar-refractivity contribution is -0.159. The van der Waals surface area contributed by atoms with Crippen LogP contribution in [0.25, 0.3) is 0 Å². The second-order valence-electron chi connectivity index (χ2n) is 6.60. The molecule has 1 amide bonds. The standard InChI is InChI=1S/C21H24N2O4/c1-15-8-9-19(26-2)17(12-15)22-20(24)13-18-21(25)27-11-10-23(18)14-16-6-4-3-5-7-16/h3-9,12,18H,10-11,13-14H2,1-2H3,(H,22,24)/t18-/m1/s1. The van der Waals surface area contributed by atoms with Crippen molar-refractivity contribution in [2.75, 3.05) is 25.6 Å². The van der Waals surface area contributed by atoms with Gasteiger partial charge in [0.15, 0.2) is 0 Å². The number of methoxy groups -OCH3 is 1. The van der Waals surface area contributed by atoms with Gasteiger partial charge < -0.3 is 14.8 Å². The van der Waals surface area contributed by atoms with Gasteiger partial charge in [0.1, 0.15) is 18.4 Å². The first-order valence-corrected chi connectivity index (χ1v) is 8.96. The number of hydrogen-bond donors (Lipinski definition) is 1. The number of hydrogen-bond acceptors (Lipinski definition) is 5. The molecule has 6 nitrogen and oxygen atoms in total. The van der Waals surface area contributed by atoms with Crippen LogP contribution in [0.1, 0.15) is 17.5 Å². The summed E-state index contributed by atoms with van der Waals surface area (Å²) in [5.74, 6) is -0.0225. The molecule has 1 atom stereocenters. The Morgan fingerprint density at radius 2 is 2.04 bits per heavy atom. The monoisotopic (exact) mass is 368 g/mol. The molecule has 0 radical (unpaired) electrons. The van der Waals surface area contributed by atoms with Gasteiger partial charge in [0.05, 0.1) is 19.2 Å². The van der Waals surface area contributed by atoms with Crippen LogP contribution in [0.3, 0.4) is 0 Å². The van der Waals surface area contributed by atoms with E-state index in [1.807, 2.05) is 60.4 Å². The molecule has 1 aliphatic rings. The third-order valence-electron chi connectivity index (χ3n) is 4.57. The lowest BCUT2D eigenvalue weighted by atomic mass is 10.1. The minimum atomic E-state index is -0.602. The summed E-state index contributed by atoms with van der Waals surface area (Å²) in [6.07, 6.45) is 0.0305. The molecule has 0 aliphatic carbocycles. The maximum Gasteiger partial charge on any atom is 0.323 e. The number of nitrogens with one attached hydrogen (secondary N) is 1. The van der Waals surface area contributed by atoms with Crippen LogP contribution < -0.4 is 10.1 Å². The molecule has 2 aromatic carbocycles. The second kappa shape index (κ2) is 8.68. The lowest BCUT2D eigenvalue weighted by Gasteiger charge is -2.33. The van der Waals surface area contributed by atoms with Crippen molar-refractivity contribution in [1.82, 2.24) is 4.90 Å². The summed E-state index contributed by atoms with van der Waals surface area (Å²) in [4.78, 5) is 26.9. The second-order valence-corrected chi connectivity index (χ2v) is 6.60. The number of aryl methyl sites for hydroxylation is 1. The smallest absolute Gasteiger partial charge is 0.323 e. The Bertz CT molecular complexity index is 807. The van der Waals surface area contributed by atoms with E-state index in [0.717, 1.165) is 11.1 Å². The molecule has 1 saturated heterocycles. The Morgan fingerprint density at radius 3 is 2.78 bits per heavy atom. The van der Waals surface area contributed by atoms with Crippen LogP contribution >= 0.6 is 0 Å². The van der Waals surface area contributed by atoms with E-state index in [4.69, 9.17) is 9.47 Å². The summed E-state index contributed by atoms with van der Waals surface area (Å²) < 4.78 is 10.5. The number of carbonyl (C=O) groups excluding carboxylic acids is 2. The van der Waals surface area contributed by atoms with E-state index in [2.05, 4.69) is 5.32 Å². The molecule has 3 rings (SSSR count). The van der Waals surface area contributed by atoms with Crippen molar-refractivity contribution in [2.45, 2.75) is 25.9 Å². The number of carbonyl (C=O) groups is 2. The fourth-order valence-electron chi connectivity index (χ4n) is 3.18. The van der Waals surface area contributed by atoms with Gasteiger partial charge in [0.2, 0.25) is 5.91 Å². The number of nitrogens with zero attached hydrogens (tertiary/aromatic N) is 1. The molecule has 6 heteroatoms. The van der Waals surface area contributed by atoms with Crippen LogP contribution in [0.4, 0.5) is 5.69 Å². The van der Waals surface area contributed by atoms with Crippen LogP contribution in [-0.2, 0) is 20.9 Å². The summed E-state index contributed by atoms with van der Waals surface area (Å²) >= 11 is 0. The normalized spacial score (nSPS) is 17.3. The number of esters is 1. The molecule has 0 spiro atoms. The number of amides is 1. The van der Waals surface area contributed by atoms with Gasteiger partial charge in [-0.15, -0.1) is 0 Å². The van der Waals surface area contributed by atoms with Gasteiger partial charge >= 0.3 is 5.97 Å². The summed E-state index contributed by atoms with van der Waals surface area (Å²) in [7, 11) is 1.56. The van der Waals surface area contributed by atoms with E-state index >= 15 is 0 Å². The molecular weight excluding hydrogens is 344 g/mol. The first kappa shape index (κ1) is 18.9. The molecule has 0 unspecified atom stereocenters. The Kier molecular flexibility index (Phi) is 6.08. The van der Waals surface area contributed by atoms with Crippen molar-refractivity contribution in [3.05, 3.63) is 59.7 Å². The maximum atomic E-state index is 12.6. The van der Waals surface area contributed by atoms with Crippen LogP contribution in [0.2, 0.25) is 0 Å². The van der Waals surface area contributed by atoms with Gasteiger partial charge in [0, 0.05) is 13.1 Å². The highest BCUT2D eigenvalue weighted by Crippen LogP contribution is 2.26. The summed E-state index contributed by atoms with van der Waals surface area (Å²) in [5, 5.41) is 2.86. The van der Waals surface area contributed by atoms with Crippen molar-refractivity contribution < 1.29 is 19.1 Å². The van der Waals surface area contributed by atoms with Crippen LogP contribution in [-0.4, -0.2) is 43.1 Å². The minimum absolute atomic E-state index is 0.0305. The number of ether oxygens (including phenoxy) is 2. The molecule has 1 aliphatic heterocycles. The predicted octanol–water partition coefficient (Wildman–Crippen LogP) is 2.76. The fraction of sp³-hybridized carbons (Fsp3) is 0.333. The lowest BCUT2D eigenvalue weighted by Crippen LogP contribution is -2.49. The van der Waals surface area contributed by atoms with E-state index in [1.54, 1.807) is 7.11 Å². The molecule has 27 heavy (non-hydrogen) atoms. The zero-order valence-corrected chi connectivity index (χ0v) is 15.6. The molecular formula is C21H24N2O4. The zero-order chi connectivity index (χ0) is 19.2. The minimum Gasteiger partial charge on any atom is -0.495 e. The van der Waals surface area contributed by atoms with Crippen molar-refractivity contribution in [3.63, 3.8) is 0 Å². The Hall–Kier alpha value is -2.86. The molecule has 0 bridgehead atoms. The van der Waals surface area contributed by atoms with Crippen LogP contribution in [0.15, 0.2) is 48.5 Å². The van der Waals surface area contributed by atoms with Gasteiger partial charge in [-0.05, 0) is 30.2 Å². The predicted molar refractivity (Wildman–Crippen MR) is 103 cm³/mol. The fourth-order valence-corrected chi connectivity index (χ4v) is 3.18. The van der Waals surface area contributed by atoms with E-state index in [9.17, 15) is 9.59 Å². The molecule has 1 N–H and O–H groups in total. The van der Waals surface area contributed by atoms with E-state index < -0.39 is 6.04 Å². The van der Waals surface area contributed by atoms with Gasteiger partial charge in [-0.3, -0.25) is 14.5 Å². The van der Waals surface area contributed by atoms with E-state index in [1.165, 1.54) is 0 Å². The number of morpholine rings is 1. The molecule has 0 aromatic heterocycles. The molecule has 2 aromatic rings. The van der Waals surface area contributed by atoms with Crippen LogP contribution in [0.5, 0.6) is 5.75 Å². The summed E-state index contributed by atoms with van der Waals surface area (Å²) in [6, 6.07) is 14.9. The molecule has 142 valence electrons. The van der Waals surface area contributed by atoms with Gasteiger partial charge in [-0.1, -0.05) is 36.4 Å². The third-order valence-corrected chi connectivity index (χ3v) is 4.57. The SMILES string of the molecule is COc1ccc(C)cc1NC(=O)C[C@@H]1C(=O)OCCN1Cc1ccccc1. The van der Waals surface area contributed by atoms with Crippen molar-refractivity contribution in [3.8, 4) is 5.75 Å². The van der Waals surface area contributed by atoms with E-state index in [0.29, 0.717) is 31.1 Å².